The van der Waals surface area contributed by atoms with Crippen molar-refractivity contribution in [2.45, 2.75) is 32.8 Å². The van der Waals surface area contributed by atoms with E-state index >= 15 is 0 Å². The third-order valence-corrected chi connectivity index (χ3v) is 3.96. The fourth-order valence-electron chi connectivity index (χ4n) is 1.87. The van der Waals surface area contributed by atoms with E-state index in [-0.39, 0.29) is 12.0 Å². The van der Waals surface area contributed by atoms with Crippen LogP contribution in [0.25, 0.3) is 0 Å². The third-order valence-electron chi connectivity index (χ3n) is 3.05. The zero-order valence-electron chi connectivity index (χ0n) is 12.6. The topological polar surface area (TPSA) is 29.5 Å². The van der Waals surface area contributed by atoms with Gasteiger partial charge in [-0.25, -0.2) is 0 Å². The van der Waals surface area contributed by atoms with Gasteiger partial charge in [0.2, 0.25) is 0 Å². The Kier molecular flexibility index (Phi) is 5.06. The molecule has 0 saturated carbocycles. The molecule has 0 unspecified atom stereocenters. The Bertz CT molecular complexity index is 654. The van der Waals surface area contributed by atoms with Crippen molar-refractivity contribution in [1.82, 2.24) is 0 Å². The van der Waals surface area contributed by atoms with Crippen LogP contribution in [0.15, 0.2) is 35.7 Å². The van der Waals surface area contributed by atoms with Crippen LogP contribution in [-0.2, 0) is 12.0 Å². The normalized spacial score (nSPS) is 10.9. The number of ether oxygens (including phenoxy) is 1. The van der Waals surface area contributed by atoms with Gasteiger partial charge in [-0.3, -0.25) is 0 Å². The number of rotatable bonds is 3. The molecule has 21 heavy (non-hydrogen) atoms. The van der Waals surface area contributed by atoms with Gasteiger partial charge in [-0.2, -0.15) is 0 Å². The van der Waals surface area contributed by atoms with E-state index < -0.39 is 0 Å². The SMILES string of the molecule is CC(C)(C)c1cccc(OCc2cc(C#CCO)cs2)c1. The molecular formula is C18H20O2S. The van der Waals surface area contributed by atoms with Crippen molar-refractivity contribution in [2.24, 2.45) is 0 Å². The number of hydrogen-bond donors (Lipinski definition) is 1. The van der Waals surface area contributed by atoms with Crippen LogP contribution in [0.2, 0.25) is 0 Å². The Hall–Kier alpha value is -1.76. The molecule has 3 heteroatoms. The first-order valence-corrected chi connectivity index (χ1v) is 7.77. The molecule has 1 N–H and O–H groups in total. The molecular weight excluding hydrogens is 280 g/mol. The quantitative estimate of drug-likeness (QED) is 0.869. The molecule has 0 amide bonds. The molecule has 1 aromatic heterocycles. The summed E-state index contributed by atoms with van der Waals surface area (Å²) in [6.07, 6.45) is 0. The molecule has 0 aliphatic carbocycles. The Balaban J connectivity index is 2.01. The summed E-state index contributed by atoms with van der Waals surface area (Å²) < 4.78 is 5.86. The van der Waals surface area contributed by atoms with Gasteiger partial charge in [0.15, 0.2) is 0 Å². The first-order chi connectivity index (χ1) is 9.99. The fraction of sp³-hybridized carbons (Fsp3) is 0.333. The van der Waals surface area contributed by atoms with E-state index in [0.29, 0.717) is 6.61 Å². The molecule has 0 aliphatic rings. The summed E-state index contributed by atoms with van der Waals surface area (Å²) in [6, 6.07) is 10.2. The molecule has 0 bridgehead atoms. The number of aliphatic hydroxyl groups is 1. The molecule has 0 saturated heterocycles. The average molecular weight is 300 g/mol. The lowest BCUT2D eigenvalue weighted by molar-refractivity contribution is 0.309. The minimum Gasteiger partial charge on any atom is -0.488 e. The third kappa shape index (κ3) is 4.63. The molecule has 110 valence electrons. The molecule has 0 radical (unpaired) electrons. The van der Waals surface area contributed by atoms with E-state index in [0.717, 1.165) is 16.2 Å². The second-order valence-corrected chi connectivity index (χ2v) is 6.82. The second-order valence-electron chi connectivity index (χ2n) is 5.83. The summed E-state index contributed by atoms with van der Waals surface area (Å²) >= 11 is 1.62. The summed E-state index contributed by atoms with van der Waals surface area (Å²) in [5, 5.41) is 10.7. The molecule has 0 atom stereocenters. The Morgan fingerprint density at radius 3 is 2.76 bits per heavy atom. The molecule has 2 aromatic rings. The van der Waals surface area contributed by atoms with Crippen molar-refractivity contribution in [2.75, 3.05) is 6.61 Å². The van der Waals surface area contributed by atoms with Crippen LogP contribution in [0.1, 0.15) is 36.8 Å². The monoisotopic (exact) mass is 300 g/mol. The largest absolute Gasteiger partial charge is 0.488 e. The first kappa shape index (κ1) is 15.6. The van der Waals surface area contributed by atoms with Gasteiger partial charge in [-0.15, -0.1) is 11.3 Å². The van der Waals surface area contributed by atoms with Crippen LogP contribution in [0.5, 0.6) is 5.75 Å². The van der Waals surface area contributed by atoms with Crippen LogP contribution in [0, 0.1) is 11.8 Å². The standard InChI is InChI=1S/C18H20O2S/c1-18(2,3)15-7-4-8-16(11-15)20-12-17-10-14(13-21-17)6-5-9-19/h4,7-8,10-11,13,19H,9,12H2,1-3H3. The minimum atomic E-state index is -0.110. The lowest BCUT2D eigenvalue weighted by atomic mass is 9.87. The minimum absolute atomic E-state index is 0.110. The smallest absolute Gasteiger partial charge is 0.122 e. The van der Waals surface area contributed by atoms with Gasteiger partial charge in [0.25, 0.3) is 0 Å². The molecule has 1 aromatic carbocycles. The molecule has 0 spiro atoms. The van der Waals surface area contributed by atoms with Crippen LogP contribution in [-0.4, -0.2) is 11.7 Å². The lowest BCUT2D eigenvalue weighted by Crippen LogP contribution is -2.10. The van der Waals surface area contributed by atoms with Crippen LogP contribution >= 0.6 is 11.3 Å². The van der Waals surface area contributed by atoms with E-state index in [4.69, 9.17) is 9.84 Å². The fourth-order valence-corrected chi connectivity index (χ4v) is 2.60. The van der Waals surface area contributed by atoms with E-state index in [1.54, 1.807) is 11.3 Å². The molecule has 2 rings (SSSR count). The number of thiophene rings is 1. The predicted octanol–water partition coefficient (Wildman–Crippen LogP) is 3.97. The lowest BCUT2D eigenvalue weighted by Gasteiger charge is -2.19. The number of benzene rings is 1. The van der Waals surface area contributed by atoms with Crippen molar-refractivity contribution in [3.05, 3.63) is 51.7 Å². The van der Waals surface area contributed by atoms with E-state index in [9.17, 15) is 0 Å². The van der Waals surface area contributed by atoms with E-state index in [1.165, 1.54) is 5.56 Å². The Labute approximate surface area is 130 Å². The van der Waals surface area contributed by atoms with Crippen molar-refractivity contribution in [1.29, 1.82) is 0 Å². The highest BCUT2D eigenvalue weighted by atomic mass is 32.1. The van der Waals surface area contributed by atoms with Crippen molar-refractivity contribution < 1.29 is 9.84 Å². The maximum Gasteiger partial charge on any atom is 0.122 e. The zero-order valence-corrected chi connectivity index (χ0v) is 13.5. The van der Waals surface area contributed by atoms with Crippen molar-refractivity contribution >= 4 is 11.3 Å². The summed E-state index contributed by atoms with van der Waals surface area (Å²) in [7, 11) is 0. The van der Waals surface area contributed by atoms with Crippen LogP contribution in [0.4, 0.5) is 0 Å². The predicted molar refractivity (Wildman–Crippen MR) is 87.8 cm³/mol. The maximum absolute atomic E-state index is 8.68. The van der Waals surface area contributed by atoms with E-state index in [1.807, 2.05) is 23.6 Å². The summed E-state index contributed by atoms with van der Waals surface area (Å²) in [5.74, 6) is 6.43. The molecule has 0 aliphatic heterocycles. The second kappa shape index (κ2) is 6.80. The van der Waals surface area contributed by atoms with Gasteiger partial charge in [0.05, 0.1) is 0 Å². The van der Waals surface area contributed by atoms with Crippen LogP contribution in [0.3, 0.4) is 0 Å². The van der Waals surface area contributed by atoms with Gasteiger partial charge >= 0.3 is 0 Å². The van der Waals surface area contributed by atoms with Gasteiger partial charge in [0, 0.05) is 15.8 Å². The van der Waals surface area contributed by atoms with Gasteiger partial charge in [-0.1, -0.05) is 44.7 Å². The average Bonchev–Trinajstić information content (AvgIpc) is 2.90. The van der Waals surface area contributed by atoms with Crippen molar-refractivity contribution in [3.8, 4) is 17.6 Å². The maximum atomic E-state index is 8.68. The number of aliphatic hydroxyl groups excluding tert-OH is 1. The zero-order chi connectivity index (χ0) is 15.3. The summed E-state index contributed by atoms with van der Waals surface area (Å²) in [4.78, 5) is 1.12. The van der Waals surface area contributed by atoms with Crippen molar-refractivity contribution in [3.63, 3.8) is 0 Å². The highest BCUT2D eigenvalue weighted by Crippen LogP contribution is 2.26. The van der Waals surface area contributed by atoms with Gasteiger partial charge in [-0.05, 0) is 29.2 Å². The van der Waals surface area contributed by atoms with Crippen LogP contribution < -0.4 is 4.74 Å². The highest BCUT2D eigenvalue weighted by Gasteiger charge is 2.13. The molecule has 2 nitrogen and oxygen atoms in total. The molecule has 0 fully saturated rings. The van der Waals surface area contributed by atoms with E-state index in [2.05, 4.69) is 44.7 Å². The Morgan fingerprint density at radius 2 is 2.05 bits per heavy atom. The molecule has 1 heterocycles. The summed E-state index contributed by atoms with van der Waals surface area (Å²) in [5.41, 5.74) is 2.31. The Morgan fingerprint density at radius 1 is 1.24 bits per heavy atom. The first-order valence-electron chi connectivity index (χ1n) is 6.89. The summed E-state index contributed by atoms with van der Waals surface area (Å²) in [6.45, 7) is 7.01. The van der Waals surface area contributed by atoms with Gasteiger partial charge in [0.1, 0.15) is 19.0 Å². The number of hydrogen-bond acceptors (Lipinski definition) is 3. The van der Waals surface area contributed by atoms with Gasteiger partial charge < -0.3 is 9.84 Å². The highest BCUT2D eigenvalue weighted by molar-refractivity contribution is 7.10.